The second-order valence-corrected chi connectivity index (χ2v) is 8.22. The number of thiazole rings is 1. The lowest BCUT2D eigenvalue weighted by Crippen LogP contribution is -2.39. The summed E-state index contributed by atoms with van der Waals surface area (Å²) in [6.45, 7) is 1.32. The largest absolute Gasteiger partial charge is 0.338 e. The Kier molecular flexibility index (Phi) is 4.92. The summed E-state index contributed by atoms with van der Waals surface area (Å²) in [5.41, 5.74) is 0.758. The Hall–Kier alpha value is -3.26. The predicted octanol–water partition coefficient (Wildman–Crippen LogP) is 4.28. The molecule has 0 saturated carbocycles. The van der Waals surface area contributed by atoms with Crippen molar-refractivity contribution in [2.24, 2.45) is 0 Å². The maximum Gasteiger partial charge on any atom is 0.259 e. The molecule has 30 heavy (non-hydrogen) atoms. The summed E-state index contributed by atoms with van der Waals surface area (Å²) in [6.07, 6.45) is 8.96. The molecule has 152 valence electrons. The highest BCUT2D eigenvalue weighted by molar-refractivity contribution is 7.09. The van der Waals surface area contributed by atoms with Crippen LogP contribution in [0.4, 0.5) is 4.39 Å². The Morgan fingerprint density at radius 3 is 2.77 bits per heavy atom. The molecule has 4 heterocycles. The molecule has 0 spiro atoms. The van der Waals surface area contributed by atoms with E-state index in [9.17, 15) is 9.18 Å². The number of hydrogen-bond acceptors (Lipinski definition) is 4. The third-order valence-corrected chi connectivity index (χ3v) is 6.35. The number of likely N-dealkylation sites (tertiary alicyclic amines) is 1. The number of piperidine rings is 1. The monoisotopic (exact) mass is 421 g/mol. The van der Waals surface area contributed by atoms with Crippen molar-refractivity contribution >= 4 is 17.2 Å². The molecule has 0 bridgehead atoms. The van der Waals surface area contributed by atoms with Gasteiger partial charge in [0.1, 0.15) is 17.1 Å². The molecule has 1 aliphatic rings. The second kappa shape index (κ2) is 7.87. The van der Waals surface area contributed by atoms with Crippen molar-refractivity contribution < 1.29 is 9.18 Å². The van der Waals surface area contributed by atoms with E-state index < -0.39 is 5.82 Å². The molecule has 6 nitrogen and oxygen atoms in total. The molecule has 1 fully saturated rings. The fourth-order valence-corrected chi connectivity index (χ4v) is 4.75. The third-order valence-electron chi connectivity index (χ3n) is 5.41. The number of carbonyl (C=O) groups excluding carboxylic acids is 1. The molecule has 1 aliphatic heterocycles. The summed E-state index contributed by atoms with van der Waals surface area (Å²) in [4.78, 5) is 19.8. The summed E-state index contributed by atoms with van der Waals surface area (Å²) in [6, 6.07) is 10.2. The van der Waals surface area contributed by atoms with Crippen LogP contribution in [-0.2, 0) is 0 Å². The summed E-state index contributed by atoms with van der Waals surface area (Å²) in [5.74, 6) is 0.295. The van der Waals surface area contributed by atoms with E-state index in [1.54, 1.807) is 34.1 Å². The molecule has 1 atom stereocenters. The van der Waals surface area contributed by atoms with Crippen molar-refractivity contribution in [3.05, 3.63) is 83.0 Å². The lowest BCUT2D eigenvalue weighted by molar-refractivity contribution is 0.0707. The topological polar surface area (TPSA) is 56.0 Å². The van der Waals surface area contributed by atoms with Gasteiger partial charge in [-0.05, 0) is 37.1 Å². The highest BCUT2D eigenvalue weighted by atomic mass is 32.1. The summed E-state index contributed by atoms with van der Waals surface area (Å²) < 4.78 is 17.8. The van der Waals surface area contributed by atoms with E-state index >= 15 is 0 Å². The first-order valence-electron chi connectivity index (χ1n) is 9.87. The van der Waals surface area contributed by atoms with Gasteiger partial charge in [-0.3, -0.25) is 4.79 Å². The van der Waals surface area contributed by atoms with Gasteiger partial charge < -0.3 is 9.47 Å². The van der Waals surface area contributed by atoms with E-state index in [4.69, 9.17) is 0 Å². The van der Waals surface area contributed by atoms with E-state index in [1.807, 2.05) is 41.0 Å². The van der Waals surface area contributed by atoms with Gasteiger partial charge in [-0.1, -0.05) is 12.1 Å². The Bertz CT molecular complexity index is 1150. The molecule has 1 aromatic carbocycles. The molecule has 3 aromatic heterocycles. The number of benzene rings is 1. The van der Waals surface area contributed by atoms with Gasteiger partial charge in [0.15, 0.2) is 5.82 Å². The van der Waals surface area contributed by atoms with Crippen LogP contribution in [0.5, 0.6) is 0 Å². The average Bonchev–Trinajstić information content (AvgIpc) is 3.55. The van der Waals surface area contributed by atoms with Gasteiger partial charge in [0.05, 0.1) is 11.2 Å². The smallest absolute Gasteiger partial charge is 0.259 e. The molecule has 4 aromatic rings. The van der Waals surface area contributed by atoms with Crippen molar-refractivity contribution in [1.29, 1.82) is 0 Å². The maximum absolute atomic E-state index is 14.5. The minimum atomic E-state index is -0.394. The van der Waals surface area contributed by atoms with Crippen LogP contribution in [0.15, 0.2) is 66.6 Å². The summed E-state index contributed by atoms with van der Waals surface area (Å²) >= 11 is 1.63. The summed E-state index contributed by atoms with van der Waals surface area (Å²) in [5, 5.41) is 7.43. The fourth-order valence-electron chi connectivity index (χ4n) is 3.99. The average molecular weight is 422 g/mol. The molecule has 1 amide bonds. The van der Waals surface area contributed by atoms with Crippen LogP contribution < -0.4 is 0 Å². The van der Waals surface area contributed by atoms with Crippen LogP contribution in [-0.4, -0.2) is 43.2 Å². The maximum atomic E-state index is 14.5. The molecule has 1 unspecified atom stereocenters. The zero-order valence-electron chi connectivity index (χ0n) is 16.2. The number of rotatable bonds is 4. The highest BCUT2D eigenvalue weighted by Crippen LogP contribution is 2.30. The predicted molar refractivity (Wildman–Crippen MR) is 113 cm³/mol. The Balaban J connectivity index is 1.53. The Morgan fingerprint density at radius 2 is 2.00 bits per heavy atom. The number of para-hydroxylation sites is 1. The number of aromatic nitrogens is 4. The van der Waals surface area contributed by atoms with Gasteiger partial charge >= 0.3 is 0 Å². The van der Waals surface area contributed by atoms with Gasteiger partial charge in [0.25, 0.3) is 5.91 Å². The lowest BCUT2D eigenvalue weighted by Gasteiger charge is -2.31. The van der Waals surface area contributed by atoms with Crippen LogP contribution >= 0.6 is 11.3 Å². The van der Waals surface area contributed by atoms with E-state index in [2.05, 4.69) is 10.1 Å². The first-order valence-corrected chi connectivity index (χ1v) is 10.8. The van der Waals surface area contributed by atoms with Crippen LogP contribution in [0.25, 0.3) is 11.5 Å². The second-order valence-electron chi connectivity index (χ2n) is 7.30. The fraction of sp³-hybridized carbons (Fsp3) is 0.227. The van der Waals surface area contributed by atoms with E-state index in [1.165, 1.54) is 16.9 Å². The first-order chi connectivity index (χ1) is 14.7. The van der Waals surface area contributed by atoms with E-state index in [-0.39, 0.29) is 11.8 Å². The van der Waals surface area contributed by atoms with E-state index in [0.717, 1.165) is 17.8 Å². The minimum Gasteiger partial charge on any atom is -0.338 e. The summed E-state index contributed by atoms with van der Waals surface area (Å²) in [7, 11) is 0. The minimum absolute atomic E-state index is 0.0949. The number of nitrogens with zero attached hydrogens (tertiary/aromatic N) is 5. The normalized spacial score (nSPS) is 16.7. The van der Waals surface area contributed by atoms with Crippen LogP contribution in [0.3, 0.4) is 0 Å². The third kappa shape index (κ3) is 3.33. The van der Waals surface area contributed by atoms with Crippen molar-refractivity contribution in [1.82, 2.24) is 24.2 Å². The van der Waals surface area contributed by atoms with Crippen molar-refractivity contribution in [3.63, 3.8) is 0 Å². The molecule has 0 aliphatic carbocycles. The van der Waals surface area contributed by atoms with Gasteiger partial charge in [-0.15, -0.1) is 11.3 Å². The molecule has 5 rings (SSSR count). The van der Waals surface area contributed by atoms with Gasteiger partial charge in [0, 0.05) is 43.0 Å². The van der Waals surface area contributed by atoms with Gasteiger partial charge in [0.2, 0.25) is 0 Å². The van der Waals surface area contributed by atoms with Gasteiger partial charge in [-0.25, -0.2) is 14.1 Å². The van der Waals surface area contributed by atoms with Crippen LogP contribution in [0, 0.1) is 5.82 Å². The number of carbonyl (C=O) groups is 1. The number of hydrogen-bond donors (Lipinski definition) is 0. The number of halogens is 1. The van der Waals surface area contributed by atoms with Crippen molar-refractivity contribution in [3.8, 4) is 11.5 Å². The molecular formula is C22H20FN5OS. The molecular weight excluding hydrogens is 401 g/mol. The van der Waals surface area contributed by atoms with Crippen LogP contribution in [0.1, 0.15) is 34.1 Å². The van der Waals surface area contributed by atoms with Crippen molar-refractivity contribution in [2.75, 3.05) is 13.1 Å². The highest BCUT2D eigenvalue weighted by Gasteiger charge is 2.30. The first kappa shape index (κ1) is 18.7. The van der Waals surface area contributed by atoms with Crippen LogP contribution in [0.2, 0.25) is 0 Å². The SMILES string of the molecule is O=C(c1cnn(-c2ccccc2F)c1-n1cccc1)N1CCCC(c2nccs2)C1. The molecule has 1 saturated heterocycles. The Morgan fingerprint density at radius 1 is 1.17 bits per heavy atom. The quantitative estimate of drug-likeness (QED) is 0.494. The molecule has 0 N–H and O–H groups in total. The standard InChI is InChI=1S/C22H20FN5OS/c23-18-7-1-2-8-19(18)28-21(26-10-3-4-11-26)17(14-25-28)22(29)27-12-5-6-16(15-27)20-24-9-13-30-20/h1-4,7-11,13-14,16H,5-6,12,15H2. The zero-order valence-corrected chi connectivity index (χ0v) is 17.0. The Labute approximate surface area is 177 Å². The van der Waals surface area contributed by atoms with Gasteiger partial charge in [-0.2, -0.15) is 5.10 Å². The molecule has 0 radical (unpaired) electrons. The lowest BCUT2D eigenvalue weighted by atomic mass is 9.98. The zero-order chi connectivity index (χ0) is 20.5. The number of amides is 1. The van der Waals surface area contributed by atoms with Crippen molar-refractivity contribution in [2.45, 2.75) is 18.8 Å². The van der Waals surface area contributed by atoms with E-state index in [0.29, 0.717) is 30.2 Å². The molecule has 8 heteroatoms.